The summed E-state index contributed by atoms with van der Waals surface area (Å²) < 4.78 is 0. The summed E-state index contributed by atoms with van der Waals surface area (Å²) >= 11 is 7.76. The maximum Gasteiger partial charge on any atom is 0.232 e. The first-order valence-corrected chi connectivity index (χ1v) is 7.88. The van der Waals surface area contributed by atoms with Gasteiger partial charge in [-0.15, -0.1) is 0 Å². The zero-order chi connectivity index (χ0) is 14.0. The van der Waals surface area contributed by atoms with Crippen LogP contribution in [0.2, 0.25) is 5.15 Å². The van der Waals surface area contributed by atoms with Crippen molar-refractivity contribution in [3.05, 3.63) is 10.7 Å². The third-order valence-corrected chi connectivity index (χ3v) is 4.15. The van der Waals surface area contributed by atoms with Crippen molar-refractivity contribution in [3.8, 4) is 0 Å². The van der Waals surface area contributed by atoms with Gasteiger partial charge in [0, 0.05) is 17.9 Å². The molecule has 0 unspecified atom stereocenters. The molecule has 19 heavy (non-hydrogen) atoms. The number of carbonyl (C=O) groups excluding carboxylic acids is 1. The molecular formula is C13H18ClN3OS. The smallest absolute Gasteiger partial charge is 0.232 e. The van der Waals surface area contributed by atoms with Gasteiger partial charge in [0.05, 0.1) is 6.42 Å². The quantitative estimate of drug-likeness (QED) is 0.476. The Morgan fingerprint density at radius 2 is 2.16 bits per heavy atom. The van der Waals surface area contributed by atoms with Gasteiger partial charge >= 0.3 is 0 Å². The van der Waals surface area contributed by atoms with E-state index >= 15 is 0 Å². The molecule has 2 rings (SSSR count). The number of nitrogens with zero attached hydrogens (tertiary/aromatic N) is 3. The highest BCUT2D eigenvalue weighted by atomic mass is 35.5. The predicted molar refractivity (Wildman–Crippen MR) is 79.0 cm³/mol. The van der Waals surface area contributed by atoms with Gasteiger partial charge < -0.3 is 0 Å². The van der Waals surface area contributed by atoms with E-state index in [1.807, 2.05) is 0 Å². The summed E-state index contributed by atoms with van der Waals surface area (Å²) in [5, 5.41) is 1.08. The van der Waals surface area contributed by atoms with Crippen molar-refractivity contribution in [2.24, 2.45) is 5.92 Å². The Labute approximate surface area is 122 Å². The molecule has 1 aliphatic rings. The lowest BCUT2D eigenvalue weighted by Gasteiger charge is -2.19. The molecule has 2 heterocycles. The fourth-order valence-corrected chi connectivity index (χ4v) is 2.95. The third-order valence-electron chi connectivity index (χ3n) is 2.78. The largest absolute Gasteiger partial charge is 0.296 e. The number of thioether (sulfide) groups is 1. The van der Waals surface area contributed by atoms with Gasteiger partial charge in [0.1, 0.15) is 11.0 Å². The number of amides is 1. The second kappa shape index (κ2) is 6.09. The molecule has 1 aromatic rings. The van der Waals surface area contributed by atoms with Crippen molar-refractivity contribution in [2.75, 3.05) is 17.2 Å². The summed E-state index contributed by atoms with van der Waals surface area (Å²) in [6.07, 6.45) is 1.37. The van der Waals surface area contributed by atoms with Crippen LogP contribution in [0, 0.1) is 5.92 Å². The Morgan fingerprint density at radius 1 is 1.42 bits per heavy atom. The van der Waals surface area contributed by atoms with Crippen LogP contribution in [-0.4, -0.2) is 28.2 Å². The Hall–Kier alpha value is -0.810. The standard InChI is InChI=1S/C13H18ClN3OS/c1-4-5-19-13-15-11(14)9-6-10(18)17(7-8(2)3)12(9)16-13/h8H,4-7H2,1-3H3. The molecule has 0 atom stereocenters. The van der Waals surface area contributed by atoms with E-state index in [9.17, 15) is 4.79 Å². The molecule has 0 aromatic carbocycles. The van der Waals surface area contributed by atoms with E-state index in [2.05, 4.69) is 30.7 Å². The van der Waals surface area contributed by atoms with Gasteiger partial charge in [0.15, 0.2) is 5.16 Å². The number of aromatic nitrogens is 2. The fraction of sp³-hybridized carbons (Fsp3) is 0.615. The molecule has 104 valence electrons. The minimum atomic E-state index is 0.0672. The summed E-state index contributed by atoms with van der Waals surface area (Å²) in [7, 11) is 0. The summed E-state index contributed by atoms with van der Waals surface area (Å²) in [6.45, 7) is 6.95. The van der Waals surface area contributed by atoms with E-state index in [4.69, 9.17) is 11.6 Å². The van der Waals surface area contributed by atoms with Crippen LogP contribution in [0.15, 0.2) is 5.16 Å². The monoisotopic (exact) mass is 299 g/mol. The SMILES string of the molecule is CCCSc1nc(Cl)c2c(n1)N(CC(C)C)C(=O)C2. The molecule has 1 aromatic heterocycles. The lowest BCUT2D eigenvalue weighted by molar-refractivity contribution is -0.117. The highest BCUT2D eigenvalue weighted by molar-refractivity contribution is 7.99. The minimum Gasteiger partial charge on any atom is -0.296 e. The van der Waals surface area contributed by atoms with Crippen LogP contribution in [0.3, 0.4) is 0 Å². The Balaban J connectivity index is 2.32. The molecule has 0 aliphatic carbocycles. The Kier molecular flexibility index (Phi) is 4.68. The summed E-state index contributed by atoms with van der Waals surface area (Å²) in [5.74, 6) is 2.12. The lowest BCUT2D eigenvalue weighted by atomic mass is 10.2. The van der Waals surface area contributed by atoms with Gasteiger partial charge in [-0.1, -0.05) is 44.1 Å². The molecule has 0 bridgehead atoms. The lowest BCUT2D eigenvalue weighted by Crippen LogP contribution is -2.31. The Morgan fingerprint density at radius 3 is 2.79 bits per heavy atom. The summed E-state index contributed by atoms with van der Waals surface area (Å²) in [4.78, 5) is 22.6. The Bertz CT molecular complexity index is 493. The molecule has 0 fully saturated rings. The highest BCUT2D eigenvalue weighted by Gasteiger charge is 2.32. The van der Waals surface area contributed by atoms with Crippen LogP contribution >= 0.6 is 23.4 Å². The number of anilines is 1. The average Bonchev–Trinajstić information content (AvgIpc) is 2.64. The van der Waals surface area contributed by atoms with Crippen molar-refractivity contribution in [1.29, 1.82) is 0 Å². The van der Waals surface area contributed by atoms with Crippen molar-refractivity contribution in [1.82, 2.24) is 9.97 Å². The zero-order valence-corrected chi connectivity index (χ0v) is 13.0. The van der Waals surface area contributed by atoms with Gasteiger partial charge in [0.2, 0.25) is 5.91 Å². The second-order valence-corrected chi connectivity index (χ2v) is 6.44. The fourth-order valence-electron chi connectivity index (χ4n) is 1.98. The normalized spacial score (nSPS) is 14.4. The number of rotatable bonds is 5. The van der Waals surface area contributed by atoms with E-state index in [1.165, 1.54) is 0 Å². The molecule has 4 nitrogen and oxygen atoms in total. The second-order valence-electron chi connectivity index (χ2n) is 5.02. The molecule has 0 saturated heterocycles. The molecule has 0 saturated carbocycles. The van der Waals surface area contributed by atoms with Gasteiger partial charge in [-0.25, -0.2) is 9.97 Å². The van der Waals surface area contributed by atoms with E-state index in [0.717, 1.165) is 17.7 Å². The van der Waals surface area contributed by atoms with Gasteiger partial charge in [-0.3, -0.25) is 9.69 Å². The summed E-state index contributed by atoms with van der Waals surface area (Å²) in [5.41, 5.74) is 0.771. The van der Waals surface area contributed by atoms with E-state index < -0.39 is 0 Å². The number of hydrogen-bond acceptors (Lipinski definition) is 4. The molecule has 0 N–H and O–H groups in total. The van der Waals surface area contributed by atoms with E-state index in [0.29, 0.717) is 35.0 Å². The van der Waals surface area contributed by atoms with Crippen LogP contribution < -0.4 is 4.90 Å². The predicted octanol–water partition coefficient (Wildman–Crippen LogP) is 3.18. The van der Waals surface area contributed by atoms with E-state index in [1.54, 1.807) is 16.7 Å². The molecule has 0 spiro atoms. The first kappa shape index (κ1) is 14.6. The maximum absolute atomic E-state index is 12.0. The third kappa shape index (κ3) is 3.20. The molecular weight excluding hydrogens is 282 g/mol. The number of halogens is 1. The van der Waals surface area contributed by atoms with Gasteiger partial charge in [-0.05, 0) is 12.3 Å². The first-order valence-electron chi connectivity index (χ1n) is 6.52. The van der Waals surface area contributed by atoms with Crippen LogP contribution in [0.1, 0.15) is 32.8 Å². The average molecular weight is 300 g/mol. The molecule has 1 aliphatic heterocycles. The molecule has 1 amide bonds. The van der Waals surface area contributed by atoms with E-state index in [-0.39, 0.29) is 5.91 Å². The maximum atomic E-state index is 12.0. The van der Waals surface area contributed by atoms with Gasteiger partial charge in [-0.2, -0.15) is 0 Å². The van der Waals surface area contributed by atoms with Crippen LogP contribution in [0.4, 0.5) is 5.82 Å². The topological polar surface area (TPSA) is 46.1 Å². The molecule has 0 radical (unpaired) electrons. The number of fused-ring (bicyclic) bond motifs is 1. The van der Waals surface area contributed by atoms with Crippen molar-refractivity contribution < 1.29 is 4.79 Å². The van der Waals surface area contributed by atoms with Crippen LogP contribution in [0.5, 0.6) is 0 Å². The van der Waals surface area contributed by atoms with Crippen molar-refractivity contribution >= 4 is 35.1 Å². The van der Waals surface area contributed by atoms with Crippen LogP contribution in [-0.2, 0) is 11.2 Å². The minimum absolute atomic E-state index is 0.0672. The zero-order valence-electron chi connectivity index (χ0n) is 11.4. The molecule has 6 heteroatoms. The first-order chi connectivity index (χ1) is 9.02. The van der Waals surface area contributed by atoms with Crippen molar-refractivity contribution in [3.63, 3.8) is 0 Å². The van der Waals surface area contributed by atoms with Crippen molar-refractivity contribution in [2.45, 2.75) is 38.8 Å². The number of hydrogen-bond donors (Lipinski definition) is 0. The summed E-state index contributed by atoms with van der Waals surface area (Å²) in [6, 6.07) is 0. The highest BCUT2D eigenvalue weighted by Crippen LogP contribution is 2.34. The number of carbonyl (C=O) groups is 1. The van der Waals surface area contributed by atoms with Crippen LogP contribution in [0.25, 0.3) is 0 Å². The van der Waals surface area contributed by atoms with Gasteiger partial charge in [0.25, 0.3) is 0 Å².